The third kappa shape index (κ3) is 3.25. The van der Waals surface area contributed by atoms with Crippen molar-refractivity contribution in [3.8, 4) is 5.75 Å². The Morgan fingerprint density at radius 2 is 2.13 bits per heavy atom. The molecule has 0 saturated carbocycles. The van der Waals surface area contributed by atoms with Crippen molar-refractivity contribution in [2.24, 2.45) is 0 Å². The molecular weight excluding hydrogens is 240 g/mol. The van der Waals surface area contributed by atoms with E-state index in [9.17, 15) is 4.21 Å². The summed E-state index contributed by atoms with van der Waals surface area (Å²) in [6.45, 7) is 0.255. The minimum atomic E-state index is -1.44. The second kappa shape index (κ2) is 6.19. The van der Waals surface area contributed by atoms with Crippen molar-refractivity contribution in [1.82, 2.24) is 0 Å². The van der Waals surface area contributed by atoms with Gasteiger partial charge in [0.2, 0.25) is 0 Å². The number of hydrogen-bond acceptors (Lipinski definition) is 6. The van der Waals surface area contributed by atoms with Crippen molar-refractivity contribution >= 4 is 22.4 Å². The normalized spacial score (nSPS) is 12.7. The number of rotatable bonds is 6. The Kier molecular flexibility index (Phi) is 5.20. The van der Waals surface area contributed by atoms with Crippen LogP contribution in [0.2, 0.25) is 0 Å². The van der Waals surface area contributed by atoms with Crippen molar-refractivity contribution in [3.05, 3.63) is 10.9 Å². The Morgan fingerprint density at radius 3 is 2.67 bits per heavy atom. The van der Waals surface area contributed by atoms with Gasteiger partial charge in [0.25, 0.3) is 0 Å². The molecule has 0 spiro atoms. The summed E-state index contributed by atoms with van der Waals surface area (Å²) < 4.78 is 21.7. The van der Waals surface area contributed by atoms with Crippen LogP contribution in [-0.2, 0) is 31.6 Å². The highest BCUT2D eigenvalue weighted by Crippen LogP contribution is 2.32. The third-order valence-corrected chi connectivity index (χ3v) is 3.88. The van der Waals surface area contributed by atoms with Gasteiger partial charge in [0.05, 0.1) is 26.2 Å². The minimum absolute atomic E-state index is 0.255. The molecule has 1 unspecified atom stereocenters. The Hall–Kier alpha value is -0.470. The van der Waals surface area contributed by atoms with Gasteiger partial charge in [-0.05, 0) is 0 Å². The average molecular weight is 252 g/mol. The lowest BCUT2D eigenvalue weighted by Gasteiger charge is -2.00. The summed E-state index contributed by atoms with van der Waals surface area (Å²) in [6.07, 6.45) is 0. The van der Waals surface area contributed by atoms with Crippen LogP contribution in [0.3, 0.4) is 0 Å². The number of ether oxygens (including phenoxy) is 1. The van der Waals surface area contributed by atoms with Gasteiger partial charge in [-0.3, -0.25) is 4.18 Å². The summed E-state index contributed by atoms with van der Waals surface area (Å²) >= 11 is -0.143. The number of thiophene rings is 1. The monoisotopic (exact) mass is 252 g/mol. The van der Waals surface area contributed by atoms with Gasteiger partial charge in [-0.1, -0.05) is 0 Å². The fourth-order valence-corrected chi connectivity index (χ4v) is 2.84. The topological polar surface area (TPSA) is 54.0 Å². The van der Waals surface area contributed by atoms with Gasteiger partial charge >= 0.3 is 0 Å². The van der Waals surface area contributed by atoms with Crippen LogP contribution in [0.4, 0.5) is 0 Å². The van der Waals surface area contributed by atoms with Crippen LogP contribution in [0.1, 0.15) is 4.88 Å². The molecule has 0 aliphatic heterocycles. The van der Waals surface area contributed by atoms with E-state index in [2.05, 4.69) is 4.89 Å². The maximum absolute atomic E-state index is 11.3. The van der Waals surface area contributed by atoms with Crippen molar-refractivity contribution in [1.29, 1.82) is 0 Å². The highest BCUT2D eigenvalue weighted by Gasteiger charge is 2.14. The van der Waals surface area contributed by atoms with E-state index in [4.69, 9.17) is 13.8 Å². The lowest BCUT2D eigenvalue weighted by atomic mass is 10.4. The molecule has 5 nitrogen and oxygen atoms in total. The van der Waals surface area contributed by atoms with Crippen LogP contribution in [0.5, 0.6) is 5.75 Å². The molecule has 7 heteroatoms. The molecule has 0 N–H and O–H groups in total. The molecule has 1 atom stereocenters. The molecule has 0 radical (unpaired) electrons. The van der Waals surface area contributed by atoms with E-state index in [1.165, 1.54) is 32.7 Å². The molecule has 0 aliphatic rings. The van der Waals surface area contributed by atoms with Gasteiger partial charge in [0, 0.05) is 6.07 Å². The summed E-state index contributed by atoms with van der Waals surface area (Å²) in [5.74, 6) is 0.623. The Balaban J connectivity index is 2.84. The van der Waals surface area contributed by atoms with Gasteiger partial charge in [0.1, 0.15) is 16.6 Å². The van der Waals surface area contributed by atoms with E-state index in [1.54, 1.807) is 6.07 Å². The fourth-order valence-electron chi connectivity index (χ4n) is 0.939. The first-order valence-corrected chi connectivity index (χ1v) is 5.90. The molecule has 86 valence electrons. The molecule has 0 aliphatic carbocycles. The highest BCUT2D eigenvalue weighted by atomic mass is 32.2. The maximum atomic E-state index is 11.3. The second-order valence-corrected chi connectivity index (χ2v) is 5.02. The Morgan fingerprint density at radius 1 is 1.40 bits per heavy atom. The standard InChI is InChI=1S/C8H12O5S2/c1-10-6-4-8(15(9)12-3)14-7(6)5-13-11-2/h4H,5H2,1-3H3. The highest BCUT2D eigenvalue weighted by molar-refractivity contribution is 7.82. The first kappa shape index (κ1) is 12.6. The minimum Gasteiger partial charge on any atom is -0.495 e. The summed E-state index contributed by atoms with van der Waals surface area (Å²) in [5.41, 5.74) is 0. The van der Waals surface area contributed by atoms with Crippen LogP contribution in [0, 0.1) is 0 Å². The average Bonchev–Trinajstić information content (AvgIpc) is 2.68. The van der Waals surface area contributed by atoms with Crippen LogP contribution < -0.4 is 4.74 Å². The van der Waals surface area contributed by atoms with E-state index in [-0.39, 0.29) is 6.61 Å². The van der Waals surface area contributed by atoms with E-state index >= 15 is 0 Å². The van der Waals surface area contributed by atoms with Crippen molar-refractivity contribution < 1.29 is 22.9 Å². The Labute approximate surface area is 94.5 Å². The van der Waals surface area contributed by atoms with Gasteiger partial charge in [-0.25, -0.2) is 14.0 Å². The van der Waals surface area contributed by atoms with Crippen molar-refractivity contribution in [2.75, 3.05) is 21.3 Å². The molecular formula is C8H12O5S2. The molecule has 1 rings (SSSR count). The lowest BCUT2D eigenvalue weighted by molar-refractivity contribution is -0.281. The van der Waals surface area contributed by atoms with Gasteiger partial charge in [-0.2, -0.15) is 0 Å². The molecule has 1 heterocycles. The first-order chi connectivity index (χ1) is 7.22. The predicted molar refractivity (Wildman–Crippen MR) is 56.1 cm³/mol. The van der Waals surface area contributed by atoms with Crippen LogP contribution >= 0.6 is 11.3 Å². The van der Waals surface area contributed by atoms with E-state index in [1.807, 2.05) is 0 Å². The largest absolute Gasteiger partial charge is 0.495 e. The summed E-state index contributed by atoms with van der Waals surface area (Å²) in [6, 6.07) is 1.67. The smallest absolute Gasteiger partial charge is 0.199 e. The van der Waals surface area contributed by atoms with Crippen molar-refractivity contribution in [3.63, 3.8) is 0 Å². The zero-order chi connectivity index (χ0) is 11.3. The zero-order valence-electron chi connectivity index (χ0n) is 8.64. The second-order valence-electron chi connectivity index (χ2n) is 2.39. The molecule has 1 aromatic heterocycles. The molecule has 1 aromatic rings. The Bertz CT molecular complexity index is 336. The van der Waals surface area contributed by atoms with Gasteiger partial charge in [0.15, 0.2) is 11.1 Å². The lowest BCUT2D eigenvalue weighted by Crippen LogP contribution is -1.91. The predicted octanol–water partition coefficient (Wildman–Crippen LogP) is 1.50. The zero-order valence-corrected chi connectivity index (χ0v) is 10.3. The van der Waals surface area contributed by atoms with Gasteiger partial charge < -0.3 is 4.74 Å². The summed E-state index contributed by atoms with van der Waals surface area (Å²) in [5, 5.41) is 0. The summed E-state index contributed by atoms with van der Waals surface area (Å²) in [7, 11) is 4.35. The van der Waals surface area contributed by atoms with E-state index in [0.29, 0.717) is 9.96 Å². The SMILES string of the molecule is COOCc1sc(S(=O)OC)cc1OC. The molecule has 0 aromatic carbocycles. The number of methoxy groups -OCH3 is 1. The van der Waals surface area contributed by atoms with E-state index < -0.39 is 11.1 Å². The van der Waals surface area contributed by atoms with Crippen molar-refractivity contribution in [2.45, 2.75) is 10.8 Å². The summed E-state index contributed by atoms with van der Waals surface area (Å²) in [4.78, 5) is 10.1. The molecule has 0 saturated heterocycles. The van der Waals surface area contributed by atoms with Gasteiger partial charge in [-0.15, -0.1) is 11.3 Å². The quantitative estimate of drug-likeness (QED) is 0.567. The molecule has 0 fully saturated rings. The first-order valence-electron chi connectivity index (χ1n) is 4.01. The molecule has 0 bridgehead atoms. The molecule has 15 heavy (non-hydrogen) atoms. The van der Waals surface area contributed by atoms with E-state index in [0.717, 1.165) is 4.88 Å². The molecule has 0 amide bonds. The van der Waals surface area contributed by atoms with Crippen LogP contribution in [0.25, 0.3) is 0 Å². The maximum Gasteiger partial charge on any atom is 0.199 e. The third-order valence-electron chi connectivity index (χ3n) is 1.59. The fraction of sp³-hybridized carbons (Fsp3) is 0.500. The van der Waals surface area contributed by atoms with Crippen LogP contribution in [-0.4, -0.2) is 25.5 Å². The van der Waals surface area contributed by atoms with Crippen LogP contribution in [0.15, 0.2) is 10.3 Å². The number of hydrogen-bond donors (Lipinski definition) is 0.